The zero-order valence-corrected chi connectivity index (χ0v) is 13.1. The van der Waals surface area contributed by atoms with E-state index in [9.17, 15) is 8.42 Å². The van der Waals surface area contributed by atoms with Crippen LogP contribution in [0.15, 0.2) is 0 Å². The van der Waals surface area contributed by atoms with Crippen molar-refractivity contribution in [1.29, 1.82) is 0 Å². The molecule has 2 aliphatic heterocycles. The molecule has 0 aromatic rings. The summed E-state index contributed by atoms with van der Waals surface area (Å²) >= 11 is 0. The molecule has 0 saturated carbocycles. The summed E-state index contributed by atoms with van der Waals surface area (Å²) < 4.78 is 28.1. The summed E-state index contributed by atoms with van der Waals surface area (Å²) in [4.78, 5) is 4.67. The standard InChI is InChI=1S/C14H27N2O3S/c1-14(16-8-12-20(17,18)13-9-16)4-2-3-5-15-6-10-19-11-7-15/h14H,1-13H2. The van der Waals surface area contributed by atoms with Crippen molar-refractivity contribution in [2.24, 2.45) is 0 Å². The second kappa shape index (κ2) is 7.73. The molecule has 2 rings (SSSR count). The lowest BCUT2D eigenvalue weighted by Gasteiger charge is -2.32. The van der Waals surface area contributed by atoms with E-state index in [1.807, 2.05) is 0 Å². The van der Waals surface area contributed by atoms with Crippen molar-refractivity contribution in [3.05, 3.63) is 6.92 Å². The van der Waals surface area contributed by atoms with Crippen LogP contribution in [0.1, 0.15) is 19.3 Å². The molecular formula is C14H27N2O3S. The van der Waals surface area contributed by atoms with Gasteiger partial charge in [0, 0.05) is 32.2 Å². The zero-order chi connectivity index (χ0) is 14.4. The largest absolute Gasteiger partial charge is 0.379 e. The predicted molar refractivity (Wildman–Crippen MR) is 80.5 cm³/mol. The fourth-order valence-electron chi connectivity index (χ4n) is 2.81. The number of morpholine rings is 1. The minimum absolute atomic E-state index is 0.259. The number of unbranched alkanes of at least 4 members (excludes halogenated alkanes) is 1. The van der Waals surface area contributed by atoms with Crippen LogP contribution in [-0.4, -0.2) is 81.7 Å². The molecule has 0 N–H and O–H groups in total. The molecule has 0 aromatic carbocycles. The van der Waals surface area contributed by atoms with E-state index in [1.165, 1.54) is 6.42 Å². The van der Waals surface area contributed by atoms with Gasteiger partial charge in [-0.25, -0.2) is 8.42 Å². The molecule has 0 bridgehead atoms. The Hall–Kier alpha value is -0.170. The molecule has 6 heteroatoms. The van der Waals surface area contributed by atoms with Crippen LogP contribution in [0, 0.1) is 6.92 Å². The molecular weight excluding hydrogens is 276 g/mol. The lowest BCUT2D eigenvalue weighted by atomic mass is 10.1. The van der Waals surface area contributed by atoms with Gasteiger partial charge in [0.05, 0.1) is 24.7 Å². The van der Waals surface area contributed by atoms with E-state index >= 15 is 0 Å². The van der Waals surface area contributed by atoms with Crippen LogP contribution in [0.25, 0.3) is 0 Å². The smallest absolute Gasteiger partial charge is 0.152 e. The van der Waals surface area contributed by atoms with Gasteiger partial charge in [-0.3, -0.25) is 9.80 Å². The lowest BCUT2D eigenvalue weighted by Crippen LogP contribution is -2.45. The Labute approximate surface area is 123 Å². The average molecular weight is 303 g/mol. The Bertz CT molecular complexity index is 366. The first-order valence-electron chi connectivity index (χ1n) is 7.64. The van der Waals surface area contributed by atoms with Crippen molar-refractivity contribution < 1.29 is 13.2 Å². The maximum absolute atomic E-state index is 11.4. The first kappa shape index (κ1) is 16.2. The number of hydrogen-bond acceptors (Lipinski definition) is 5. The number of rotatable bonds is 6. The van der Waals surface area contributed by atoms with Gasteiger partial charge in [0.1, 0.15) is 0 Å². The summed E-state index contributed by atoms with van der Waals surface area (Å²) in [5.74, 6) is 0.597. The Morgan fingerprint density at radius 1 is 1.05 bits per heavy atom. The van der Waals surface area contributed by atoms with Gasteiger partial charge < -0.3 is 4.74 Å². The summed E-state index contributed by atoms with van der Waals surface area (Å²) in [6.45, 7) is 10.5. The molecule has 1 radical (unpaired) electrons. The second-order valence-corrected chi connectivity index (χ2v) is 8.10. The summed E-state index contributed by atoms with van der Waals surface area (Å²) in [5, 5.41) is 0. The van der Waals surface area contributed by atoms with Crippen LogP contribution in [0.2, 0.25) is 0 Å². The third kappa shape index (κ3) is 5.31. The van der Waals surface area contributed by atoms with Gasteiger partial charge in [-0.1, -0.05) is 6.42 Å². The van der Waals surface area contributed by atoms with Gasteiger partial charge in [-0.05, 0) is 26.3 Å². The van der Waals surface area contributed by atoms with Gasteiger partial charge >= 0.3 is 0 Å². The highest BCUT2D eigenvalue weighted by molar-refractivity contribution is 7.91. The Morgan fingerprint density at radius 2 is 1.70 bits per heavy atom. The van der Waals surface area contributed by atoms with Gasteiger partial charge in [0.25, 0.3) is 0 Å². The van der Waals surface area contributed by atoms with Gasteiger partial charge in [-0.2, -0.15) is 0 Å². The first-order valence-corrected chi connectivity index (χ1v) is 9.47. The molecule has 20 heavy (non-hydrogen) atoms. The van der Waals surface area contributed by atoms with Crippen LogP contribution < -0.4 is 0 Å². The highest BCUT2D eigenvalue weighted by Gasteiger charge is 2.24. The van der Waals surface area contributed by atoms with Crippen molar-refractivity contribution in [1.82, 2.24) is 9.80 Å². The maximum Gasteiger partial charge on any atom is 0.152 e. The van der Waals surface area contributed by atoms with E-state index in [0.29, 0.717) is 24.6 Å². The van der Waals surface area contributed by atoms with Crippen molar-refractivity contribution >= 4 is 9.84 Å². The van der Waals surface area contributed by atoms with Crippen LogP contribution in [0.3, 0.4) is 0 Å². The Balaban J connectivity index is 1.57. The fraction of sp³-hybridized carbons (Fsp3) is 0.929. The van der Waals surface area contributed by atoms with Crippen molar-refractivity contribution in [2.45, 2.75) is 25.3 Å². The molecule has 1 atom stereocenters. The van der Waals surface area contributed by atoms with E-state index in [0.717, 1.165) is 45.7 Å². The summed E-state index contributed by atoms with van der Waals surface area (Å²) in [6.07, 6.45) is 3.41. The van der Waals surface area contributed by atoms with Gasteiger partial charge in [0.15, 0.2) is 9.84 Å². The van der Waals surface area contributed by atoms with Crippen molar-refractivity contribution in [3.63, 3.8) is 0 Å². The number of hydrogen-bond donors (Lipinski definition) is 0. The van der Waals surface area contributed by atoms with Gasteiger partial charge in [0.2, 0.25) is 0 Å². The van der Waals surface area contributed by atoms with Gasteiger partial charge in [-0.15, -0.1) is 0 Å². The minimum Gasteiger partial charge on any atom is -0.379 e. The highest BCUT2D eigenvalue weighted by atomic mass is 32.2. The van der Waals surface area contributed by atoms with Crippen LogP contribution in [-0.2, 0) is 14.6 Å². The number of ether oxygens (including phenoxy) is 1. The van der Waals surface area contributed by atoms with Crippen molar-refractivity contribution in [3.8, 4) is 0 Å². The minimum atomic E-state index is -2.78. The quantitative estimate of drug-likeness (QED) is 0.666. The molecule has 2 saturated heterocycles. The molecule has 1 unspecified atom stereocenters. The normalized spacial score (nSPS) is 26.4. The first-order chi connectivity index (χ1) is 9.57. The third-order valence-electron chi connectivity index (χ3n) is 4.26. The van der Waals surface area contributed by atoms with E-state index < -0.39 is 9.84 Å². The van der Waals surface area contributed by atoms with E-state index in [-0.39, 0.29) is 6.04 Å². The second-order valence-electron chi connectivity index (χ2n) is 5.79. The number of sulfone groups is 1. The zero-order valence-electron chi connectivity index (χ0n) is 12.3. The molecule has 2 aliphatic rings. The van der Waals surface area contributed by atoms with E-state index in [1.54, 1.807) is 0 Å². The molecule has 2 heterocycles. The number of nitrogens with zero attached hydrogens (tertiary/aromatic N) is 2. The van der Waals surface area contributed by atoms with Crippen LogP contribution >= 0.6 is 0 Å². The molecule has 0 amide bonds. The molecule has 0 aliphatic carbocycles. The van der Waals surface area contributed by atoms with E-state index in [2.05, 4.69) is 16.7 Å². The lowest BCUT2D eigenvalue weighted by molar-refractivity contribution is 0.0369. The molecule has 117 valence electrons. The van der Waals surface area contributed by atoms with Crippen molar-refractivity contribution in [2.75, 3.05) is 57.4 Å². The summed E-state index contributed by atoms with van der Waals surface area (Å²) in [7, 11) is -2.78. The predicted octanol–water partition coefficient (Wildman–Crippen LogP) is 0.422. The summed E-state index contributed by atoms with van der Waals surface area (Å²) in [6, 6.07) is 0.259. The van der Waals surface area contributed by atoms with Crippen LogP contribution in [0.5, 0.6) is 0 Å². The molecule has 0 aromatic heterocycles. The SMILES string of the molecule is [CH2]C(CCCCN1CCOCC1)N1CCS(=O)(=O)CC1. The summed E-state index contributed by atoms with van der Waals surface area (Å²) in [5.41, 5.74) is 0. The third-order valence-corrected chi connectivity index (χ3v) is 5.87. The highest BCUT2D eigenvalue weighted by Crippen LogP contribution is 2.13. The maximum atomic E-state index is 11.4. The fourth-order valence-corrected chi connectivity index (χ4v) is 4.04. The van der Waals surface area contributed by atoms with Crippen LogP contribution in [0.4, 0.5) is 0 Å². The monoisotopic (exact) mass is 303 g/mol. The molecule has 2 fully saturated rings. The molecule has 5 nitrogen and oxygen atoms in total. The topological polar surface area (TPSA) is 49.9 Å². The Morgan fingerprint density at radius 3 is 2.35 bits per heavy atom. The average Bonchev–Trinajstić information content (AvgIpc) is 2.44. The molecule has 0 spiro atoms. The Kier molecular flexibility index (Phi) is 6.26. The van der Waals surface area contributed by atoms with E-state index in [4.69, 9.17) is 4.74 Å².